The number of rotatable bonds is 3. The van der Waals surface area contributed by atoms with Crippen LogP contribution in [-0.4, -0.2) is 5.78 Å². The second-order valence-electron chi connectivity index (χ2n) is 3.87. The Morgan fingerprint density at radius 2 is 1.71 bits per heavy atom. The SMILES string of the molecule is CCC(=O)c1cccc(-c2cccc(Cl)c2)c1. The van der Waals surface area contributed by atoms with Gasteiger partial charge < -0.3 is 0 Å². The molecule has 0 spiro atoms. The van der Waals surface area contributed by atoms with Gasteiger partial charge in [0.2, 0.25) is 0 Å². The maximum atomic E-state index is 11.6. The first-order chi connectivity index (χ1) is 8.20. The average Bonchev–Trinajstić information content (AvgIpc) is 2.38. The monoisotopic (exact) mass is 244 g/mol. The molecule has 0 atom stereocenters. The number of halogens is 1. The van der Waals surface area contributed by atoms with Gasteiger partial charge in [0.15, 0.2) is 5.78 Å². The van der Waals surface area contributed by atoms with Crippen LogP contribution in [0.2, 0.25) is 5.02 Å². The quantitative estimate of drug-likeness (QED) is 0.721. The molecule has 0 radical (unpaired) electrons. The van der Waals surface area contributed by atoms with E-state index in [2.05, 4.69) is 0 Å². The lowest BCUT2D eigenvalue weighted by atomic mass is 10.0. The van der Waals surface area contributed by atoms with Gasteiger partial charge >= 0.3 is 0 Å². The fourth-order valence-corrected chi connectivity index (χ4v) is 1.93. The number of carbonyl (C=O) groups excluding carboxylic acids is 1. The molecule has 0 heterocycles. The standard InChI is InChI=1S/C15H13ClO/c1-2-15(17)13-7-3-5-11(9-13)12-6-4-8-14(16)10-12/h3-10H,2H2,1H3. The van der Waals surface area contributed by atoms with Gasteiger partial charge in [-0.2, -0.15) is 0 Å². The Balaban J connectivity index is 2.43. The molecule has 0 aliphatic carbocycles. The molecule has 2 aromatic rings. The van der Waals surface area contributed by atoms with E-state index < -0.39 is 0 Å². The van der Waals surface area contributed by atoms with Crippen molar-refractivity contribution in [3.8, 4) is 11.1 Å². The molecule has 2 heteroatoms. The van der Waals surface area contributed by atoms with Crippen LogP contribution < -0.4 is 0 Å². The zero-order valence-electron chi connectivity index (χ0n) is 9.61. The normalized spacial score (nSPS) is 10.2. The van der Waals surface area contributed by atoms with E-state index >= 15 is 0 Å². The Bertz CT molecular complexity index is 546. The average molecular weight is 245 g/mol. The summed E-state index contributed by atoms with van der Waals surface area (Å²) in [5, 5.41) is 0.703. The number of hydrogen-bond donors (Lipinski definition) is 0. The Hall–Kier alpha value is -1.60. The van der Waals surface area contributed by atoms with Crippen molar-refractivity contribution in [1.29, 1.82) is 0 Å². The highest BCUT2D eigenvalue weighted by atomic mass is 35.5. The van der Waals surface area contributed by atoms with Crippen molar-refractivity contribution in [2.75, 3.05) is 0 Å². The van der Waals surface area contributed by atoms with Gasteiger partial charge in [-0.05, 0) is 29.3 Å². The summed E-state index contributed by atoms with van der Waals surface area (Å²) >= 11 is 5.96. The van der Waals surface area contributed by atoms with E-state index in [0.29, 0.717) is 11.4 Å². The summed E-state index contributed by atoms with van der Waals surface area (Å²) in [4.78, 5) is 11.6. The molecule has 17 heavy (non-hydrogen) atoms. The predicted octanol–water partition coefficient (Wildman–Crippen LogP) is 4.60. The van der Waals surface area contributed by atoms with Gasteiger partial charge in [-0.3, -0.25) is 4.79 Å². The lowest BCUT2D eigenvalue weighted by Gasteiger charge is -2.04. The molecule has 0 N–H and O–H groups in total. The maximum Gasteiger partial charge on any atom is 0.162 e. The second kappa shape index (κ2) is 5.15. The molecule has 86 valence electrons. The molecule has 0 bridgehead atoms. The molecule has 0 amide bonds. The van der Waals surface area contributed by atoms with Gasteiger partial charge in [-0.1, -0.05) is 48.9 Å². The van der Waals surface area contributed by atoms with Crippen molar-refractivity contribution in [2.45, 2.75) is 13.3 Å². The predicted molar refractivity (Wildman–Crippen MR) is 71.5 cm³/mol. The summed E-state index contributed by atoms with van der Waals surface area (Å²) in [6.45, 7) is 1.87. The lowest BCUT2D eigenvalue weighted by Crippen LogP contribution is -1.96. The maximum absolute atomic E-state index is 11.6. The van der Waals surface area contributed by atoms with Crippen LogP contribution in [0.15, 0.2) is 48.5 Å². The molecule has 0 aliphatic rings. The third-order valence-corrected chi connectivity index (χ3v) is 2.90. The molecule has 2 aromatic carbocycles. The minimum atomic E-state index is 0.161. The molecule has 0 saturated carbocycles. The topological polar surface area (TPSA) is 17.1 Å². The highest BCUT2D eigenvalue weighted by molar-refractivity contribution is 6.30. The van der Waals surface area contributed by atoms with Gasteiger partial charge in [-0.25, -0.2) is 0 Å². The summed E-state index contributed by atoms with van der Waals surface area (Å²) in [7, 11) is 0. The zero-order valence-corrected chi connectivity index (χ0v) is 10.4. The van der Waals surface area contributed by atoms with E-state index in [0.717, 1.165) is 16.7 Å². The van der Waals surface area contributed by atoms with Crippen LogP contribution in [0.5, 0.6) is 0 Å². The second-order valence-corrected chi connectivity index (χ2v) is 4.30. The van der Waals surface area contributed by atoms with Crippen molar-refractivity contribution in [2.24, 2.45) is 0 Å². The summed E-state index contributed by atoms with van der Waals surface area (Å²) in [6, 6.07) is 15.3. The van der Waals surface area contributed by atoms with Crippen LogP contribution in [0, 0.1) is 0 Å². The number of ketones is 1. The van der Waals surface area contributed by atoms with E-state index in [1.165, 1.54) is 0 Å². The van der Waals surface area contributed by atoms with E-state index in [1.807, 2.05) is 55.5 Å². The van der Waals surface area contributed by atoms with Gasteiger partial charge in [0.25, 0.3) is 0 Å². The van der Waals surface area contributed by atoms with Crippen LogP contribution >= 0.6 is 11.6 Å². The van der Waals surface area contributed by atoms with Gasteiger partial charge in [0, 0.05) is 17.0 Å². The Kier molecular flexibility index (Phi) is 3.60. The molecule has 0 fully saturated rings. The first-order valence-electron chi connectivity index (χ1n) is 5.60. The molecule has 1 nitrogen and oxygen atoms in total. The van der Waals surface area contributed by atoms with Gasteiger partial charge in [-0.15, -0.1) is 0 Å². The van der Waals surface area contributed by atoms with Crippen LogP contribution in [-0.2, 0) is 0 Å². The first kappa shape index (κ1) is 11.9. The Morgan fingerprint density at radius 1 is 1.06 bits per heavy atom. The van der Waals surface area contributed by atoms with Crippen molar-refractivity contribution < 1.29 is 4.79 Å². The summed E-state index contributed by atoms with van der Waals surface area (Å²) in [5.74, 6) is 0.161. The summed E-state index contributed by atoms with van der Waals surface area (Å²) in [5.41, 5.74) is 2.81. The molecular formula is C15H13ClO. The third kappa shape index (κ3) is 2.75. The number of Topliss-reactive ketones (excluding diaryl/α,β-unsaturated/α-hetero) is 1. The van der Waals surface area contributed by atoms with Crippen LogP contribution in [0.25, 0.3) is 11.1 Å². The van der Waals surface area contributed by atoms with E-state index in [9.17, 15) is 4.79 Å². The fraction of sp³-hybridized carbons (Fsp3) is 0.133. The number of benzene rings is 2. The van der Waals surface area contributed by atoms with Crippen molar-refractivity contribution in [3.63, 3.8) is 0 Å². The highest BCUT2D eigenvalue weighted by Crippen LogP contribution is 2.23. The van der Waals surface area contributed by atoms with E-state index in [-0.39, 0.29) is 5.78 Å². The molecule has 0 unspecified atom stereocenters. The van der Waals surface area contributed by atoms with E-state index in [4.69, 9.17) is 11.6 Å². The number of carbonyl (C=O) groups is 1. The minimum Gasteiger partial charge on any atom is -0.294 e. The van der Waals surface area contributed by atoms with Gasteiger partial charge in [0.1, 0.15) is 0 Å². The molecule has 0 aliphatic heterocycles. The summed E-state index contributed by atoms with van der Waals surface area (Å²) < 4.78 is 0. The molecule has 0 saturated heterocycles. The van der Waals surface area contributed by atoms with Crippen LogP contribution in [0.4, 0.5) is 0 Å². The summed E-state index contributed by atoms with van der Waals surface area (Å²) in [6.07, 6.45) is 0.527. The molecular weight excluding hydrogens is 232 g/mol. The van der Waals surface area contributed by atoms with Crippen molar-refractivity contribution >= 4 is 17.4 Å². The third-order valence-electron chi connectivity index (χ3n) is 2.66. The first-order valence-corrected chi connectivity index (χ1v) is 5.97. The number of hydrogen-bond acceptors (Lipinski definition) is 1. The van der Waals surface area contributed by atoms with Crippen LogP contribution in [0.3, 0.4) is 0 Å². The Labute approximate surface area is 106 Å². The Morgan fingerprint density at radius 3 is 2.35 bits per heavy atom. The van der Waals surface area contributed by atoms with Crippen molar-refractivity contribution in [3.05, 3.63) is 59.1 Å². The largest absolute Gasteiger partial charge is 0.294 e. The van der Waals surface area contributed by atoms with E-state index in [1.54, 1.807) is 0 Å². The minimum absolute atomic E-state index is 0.161. The fourth-order valence-electron chi connectivity index (χ4n) is 1.74. The molecule has 0 aromatic heterocycles. The van der Waals surface area contributed by atoms with Crippen molar-refractivity contribution in [1.82, 2.24) is 0 Å². The van der Waals surface area contributed by atoms with Crippen LogP contribution in [0.1, 0.15) is 23.7 Å². The highest BCUT2D eigenvalue weighted by Gasteiger charge is 2.05. The lowest BCUT2D eigenvalue weighted by molar-refractivity contribution is 0.0988. The molecule has 2 rings (SSSR count). The zero-order chi connectivity index (χ0) is 12.3. The van der Waals surface area contributed by atoms with Gasteiger partial charge in [0.05, 0.1) is 0 Å². The smallest absolute Gasteiger partial charge is 0.162 e.